The van der Waals surface area contributed by atoms with Crippen LogP contribution in [0, 0.1) is 5.41 Å². The van der Waals surface area contributed by atoms with Gasteiger partial charge in [0.05, 0.1) is 34.7 Å². The van der Waals surface area contributed by atoms with Crippen molar-refractivity contribution in [1.82, 2.24) is 14.9 Å². The fourth-order valence-corrected chi connectivity index (χ4v) is 4.98. The summed E-state index contributed by atoms with van der Waals surface area (Å²) in [7, 11) is -3.04. The number of nitrogens with zero attached hydrogens (tertiary/aromatic N) is 2. The summed E-state index contributed by atoms with van der Waals surface area (Å²) in [6, 6.07) is 7.23. The quantitative estimate of drug-likeness (QED) is 0.768. The van der Waals surface area contributed by atoms with E-state index < -0.39 is 9.84 Å². The highest BCUT2D eigenvalue weighted by molar-refractivity contribution is 7.91. The Hall–Kier alpha value is -2.35. The first-order valence-corrected chi connectivity index (χ1v) is 9.20. The van der Waals surface area contributed by atoms with E-state index in [1.807, 2.05) is 24.3 Å². The molecule has 0 bridgehead atoms. The van der Waals surface area contributed by atoms with Crippen LogP contribution in [-0.4, -0.2) is 58.3 Å². The lowest BCUT2D eigenvalue weighted by molar-refractivity contribution is 0.309. The van der Waals surface area contributed by atoms with Crippen LogP contribution in [0.5, 0.6) is 0 Å². The molecule has 8 heteroatoms. The van der Waals surface area contributed by atoms with Crippen LogP contribution in [0.3, 0.4) is 0 Å². The number of hydrogen-bond donors (Lipinski definition) is 3. The van der Waals surface area contributed by atoms with Gasteiger partial charge in [-0.3, -0.25) is 5.41 Å². The summed E-state index contributed by atoms with van der Waals surface area (Å²) in [4.78, 5) is 9.19. The van der Waals surface area contributed by atoms with E-state index in [1.165, 1.54) is 0 Å². The second-order valence-corrected chi connectivity index (χ2v) is 8.19. The lowest BCUT2D eigenvalue weighted by Crippen LogP contribution is -2.38. The molecule has 1 saturated heterocycles. The maximum atomic E-state index is 11.7. The Labute approximate surface area is 133 Å². The van der Waals surface area contributed by atoms with Gasteiger partial charge in [0.15, 0.2) is 9.84 Å². The number of imidazole rings is 1. The fraction of sp³-hybridized carbons (Fsp3) is 0.333. The van der Waals surface area contributed by atoms with Gasteiger partial charge in [-0.05, 0) is 18.6 Å². The third-order valence-electron chi connectivity index (χ3n) is 4.41. The maximum Gasteiger partial charge on any atom is 0.152 e. The molecule has 0 aliphatic carbocycles. The van der Waals surface area contributed by atoms with Crippen LogP contribution in [-0.2, 0) is 9.84 Å². The van der Waals surface area contributed by atoms with Crippen LogP contribution in [0.25, 0.3) is 16.6 Å². The molecule has 7 nitrogen and oxygen atoms in total. The van der Waals surface area contributed by atoms with Crippen LogP contribution in [0.15, 0.2) is 30.0 Å². The zero-order valence-corrected chi connectivity index (χ0v) is 13.1. The highest BCUT2D eigenvalue weighted by atomic mass is 32.2. The van der Waals surface area contributed by atoms with Crippen molar-refractivity contribution in [3.05, 3.63) is 35.8 Å². The van der Waals surface area contributed by atoms with Gasteiger partial charge in [0.2, 0.25) is 0 Å². The Kier molecular flexibility index (Phi) is 2.99. The number of rotatable bonds is 2. The molecular formula is C15H16N4O3S. The van der Waals surface area contributed by atoms with Gasteiger partial charge in [-0.2, -0.15) is 0 Å². The van der Waals surface area contributed by atoms with Gasteiger partial charge in [-0.15, -0.1) is 0 Å². The van der Waals surface area contributed by atoms with Gasteiger partial charge in [0.1, 0.15) is 17.4 Å². The summed E-state index contributed by atoms with van der Waals surface area (Å²) < 4.78 is 23.3. The predicted octanol–water partition coefficient (Wildman–Crippen LogP) is 1.31. The molecule has 1 aromatic heterocycles. The molecule has 1 fully saturated rings. The normalized spacial score (nSPS) is 24.1. The minimum absolute atomic E-state index is 0.0378. The van der Waals surface area contributed by atoms with Gasteiger partial charge in [0.25, 0.3) is 0 Å². The summed E-state index contributed by atoms with van der Waals surface area (Å²) in [5.74, 6) is 0.803. The molecule has 1 aromatic carbocycles. The number of amidine groups is 1. The number of hydrogen-bond acceptors (Lipinski definition) is 5. The molecule has 0 amide bonds. The first-order chi connectivity index (χ1) is 10.9. The van der Waals surface area contributed by atoms with E-state index in [-0.39, 0.29) is 35.7 Å². The number of fused-ring (bicyclic) bond motifs is 1. The Morgan fingerprint density at radius 2 is 2.13 bits per heavy atom. The standard InChI is InChI=1S/C15H16N4O3S/c16-14-13(15-17-10-3-1-2-4-11(10)18-15)12(20)7-19(14)9-5-6-23(21,22)8-9/h1-4,9,16,20H,5-8H2,(H,17,18). The first kappa shape index (κ1) is 14.3. The molecular weight excluding hydrogens is 316 g/mol. The summed E-state index contributed by atoms with van der Waals surface area (Å²) in [6.45, 7) is 0.158. The van der Waals surface area contributed by atoms with Crippen LogP contribution < -0.4 is 0 Å². The molecule has 1 atom stereocenters. The SMILES string of the molecule is N=C1C(c2nc3ccccc3[nH]2)=C(O)CN1C1CCS(=O)(=O)C1. The maximum absolute atomic E-state index is 11.7. The Morgan fingerprint density at radius 3 is 2.83 bits per heavy atom. The van der Waals surface area contributed by atoms with Gasteiger partial charge < -0.3 is 15.0 Å². The summed E-state index contributed by atoms with van der Waals surface area (Å²) in [5.41, 5.74) is 1.94. The molecule has 120 valence electrons. The Balaban J connectivity index is 1.67. The van der Waals surface area contributed by atoms with E-state index in [1.54, 1.807) is 4.90 Å². The number of aromatic nitrogens is 2. The molecule has 23 heavy (non-hydrogen) atoms. The Morgan fingerprint density at radius 1 is 1.35 bits per heavy atom. The zero-order chi connectivity index (χ0) is 16.2. The molecule has 0 spiro atoms. The van der Waals surface area contributed by atoms with E-state index in [2.05, 4.69) is 9.97 Å². The number of para-hydroxylation sites is 2. The predicted molar refractivity (Wildman–Crippen MR) is 87.1 cm³/mol. The number of aliphatic hydroxyl groups is 1. The van der Waals surface area contributed by atoms with Crippen molar-refractivity contribution in [2.75, 3.05) is 18.1 Å². The van der Waals surface area contributed by atoms with E-state index in [4.69, 9.17) is 5.41 Å². The van der Waals surface area contributed by atoms with E-state index >= 15 is 0 Å². The second kappa shape index (κ2) is 4.82. The van der Waals surface area contributed by atoms with Gasteiger partial charge in [-0.1, -0.05) is 12.1 Å². The highest BCUT2D eigenvalue weighted by Crippen LogP contribution is 2.31. The number of benzene rings is 1. The molecule has 0 radical (unpaired) electrons. The third kappa shape index (κ3) is 2.29. The van der Waals surface area contributed by atoms with Crippen molar-refractivity contribution < 1.29 is 13.5 Å². The first-order valence-electron chi connectivity index (χ1n) is 7.38. The minimum Gasteiger partial charge on any atom is -0.510 e. The Bertz CT molecular complexity index is 912. The van der Waals surface area contributed by atoms with E-state index in [9.17, 15) is 13.5 Å². The summed E-state index contributed by atoms with van der Waals surface area (Å²) >= 11 is 0. The van der Waals surface area contributed by atoms with Crippen molar-refractivity contribution in [2.24, 2.45) is 0 Å². The van der Waals surface area contributed by atoms with Crippen LogP contribution in [0.1, 0.15) is 12.2 Å². The molecule has 2 aromatic rings. The lowest BCUT2D eigenvalue weighted by Gasteiger charge is -2.24. The average molecular weight is 332 g/mol. The summed E-state index contributed by atoms with van der Waals surface area (Å²) in [5, 5.41) is 18.6. The highest BCUT2D eigenvalue weighted by Gasteiger charge is 2.39. The molecule has 3 heterocycles. The molecule has 2 aliphatic rings. The smallest absolute Gasteiger partial charge is 0.152 e. The van der Waals surface area contributed by atoms with Crippen LogP contribution in [0.2, 0.25) is 0 Å². The van der Waals surface area contributed by atoms with Gasteiger partial charge in [-0.25, -0.2) is 13.4 Å². The lowest BCUT2D eigenvalue weighted by atomic mass is 10.2. The van der Waals surface area contributed by atoms with Crippen molar-refractivity contribution in [1.29, 1.82) is 5.41 Å². The van der Waals surface area contributed by atoms with Crippen molar-refractivity contribution in [3.8, 4) is 0 Å². The largest absolute Gasteiger partial charge is 0.510 e. The van der Waals surface area contributed by atoms with Crippen molar-refractivity contribution >= 4 is 32.3 Å². The number of aliphatic hydroxyl groups excluding tert-OH is 1. The van der Waals surface area contributed by atoms with Crippen molar-refractivity contribution in [2.45, 2.75) is 12.5 Å². The van der Waals surface area contributed by atoms with Crippen LogP contribution in [0.4, 0.5) is 0 Å². The fourth-order valence-electron chi connectivity index (χ4n) is 3.25. The number of H-pyrrole nitrogens is 1. The minimum atomic E-state index is -3.04. The van der Waals surface area contributed by atoms with E-state index in [0.717, 1.165) is 11.0 Å². The molecule has 3 N–H and O–H groups in total. The number of sulfone groups is 1. The molecule has 1 unspecified atom stereocenters. The average Bonchev–Trinajstić information content (AvgIpc) is 3.14. The number of aromatic amines is 1. The summed E-state index contributed by atoms with van der Waals surface area (Å²) in [6.07, 6.45) is 0.491. The van der Waals surface area contributed by atoms with Gasteiger partial charge in [0, 0.05) is 6.04 Å². The third-order valence-corrected chi connectivity index (χ3v) is 6.16. The van der Waals surface area contributed by atoms with E-state index in [0.29, 0.717) is 17.8 Å². The van der Waals surface area contributed by atoms with Crippen molar-refractivity contribution in [3.63, 3.8) is 0 Å². The number of nitrogens with one attached hydrogen (secondary N) is 2. The molecule has 0 saturated carbocycles. The van der Waals surface area contributed by atoms with Crippen LogP contribution >= 0.6 is 0 Å². The topological polar surface area (TPSA) is 110 Å². The monoisotopic (exact) mass is 332 g/mol. The molecule has 2 aliphatic heterocycles. The second-order valence-electron chi connectivity index (χ2n) is 5.96. The molecule has 4 rings (SSSR count). The van der Waals surface area contributed by atoms with Gasteiger partial charge >= 0.3 is 0 Å². The zero-order valence-electron chi connectivity index (χ0n) is 12.3.